The minimum absolute atomic E-state index is 0.0233. The number of carbonyl (C=O) groups is 2. The van der Waals surface area contributed by atoms with E-state index < -0.39 is 11.7 Å². The van der Waals surface area contributed by atoms with Crippen LogP contribution in [-0.4, -0.2) is 35.5 Å². The van der Waals surface area contributed by atoms with E-state index in [9.17, 15) is 9.59 Å². The van der Waals surface area contributed by atoms with Crippen LogP contribution in [0.1, 0.15) is 31.9 Å². The van der Waals surface area contributed by atoms with Gasteiger partial charge in [-0.1, -0.05) is 60.7 Å². The number of ketones is 1. The molecule has 0 fully saturated rings. The molecule has 0 aromatic heterocycles. The molecule has 1 heterocycles. The monoisotopic (exact) mass is 349 g/mol. The number of hydrogen-bond acceptors (Lipinski definition) is 3. The minimum Gasteiger partial charge on any atom is -0.444 e. The van der Waals surface area contributed by atoms with Crippen molar-refractivity contribution in [3.05, 3.63) is 71.8 Å². The van der Waals surface area contributed by atoms with Crippen LogP contribution in [0.15, 0.2) is 60.7 Å². The van der Waals surface area contributed by atoms with Crippen LogP contribution in [0.3, 0.4) is 0 Å². The van der Waals surface area contributed by atoms with Crippen LogP contribution in [0.25, 0.3) is 11.1 Å². The van der Waals surface area contributed by atoms with E-state index in [1.54, 1.807) is 0 Å². The van der Waals surface area contributed by atoms with Crippen molar-refractivity contribution >= 4 is 23.0 Å². The third-order valence-corrected chi connectivity index (χ3v) is 4.10. The lowest BCUT2D eigenvalue weighted by atomic mass is 9.88. The van der Waals surface area contributed by atoms with Gasteiger partial charge in [-0.25, -0.2) is 4.79 Å². The molecule has 3 rings (SSSR count). The largest absolute Gasteiger partial charge is 0.444 e. The summed E-state index contributed by atoms with van der Waals surface area (Å²) in [6.45, 7) is 5.82. The molecule has 4 nitrogen and oxygen atoms in total. The summed E-state index contributed by atoms with van der Waals surface area (Å²) in [6.07, 6.45) is -0.466. The summed E-state index contributed by atoms with van der Waals surface area (Å²) in [7, 11) is 0. The van der Waals surface area contributed by atoms with Crippen LogP contribution < -0.4 is 0 Å². The van der Waals surface area contributed by atoms with E-state index in [1.807, 2.05) is 81.4 Å². The van der Waals surface area contributed by atoms with E-state index in [-0.39, 0.29) is 12.3 Å². The molecule has 1 aliphatic heterocycles. The van der Waals surface area contributed by atoms with E-state index in [2.05, 4.69) is 0 Å². The SMILES string of the molecule is CC(C)(C)OC(=O)N1CC(=O)C(c2ccccc2)=C(c2ccccc2)C1. The maximum atomic E-state index is 13.0. The van der Waals surface area contributed by atoms with Crippen LogP contribution in [0, 0.1) is 0 Å². The number of hydrogen-bond donors (Lipinski definition) is 0. The van der Waals surface area contributed by atoms with Gasteiger partial charge >= 0.3 is 6.09 Å². The van der Waals surface area contributed by atoms with Crippen LogP contribution in [0.2, 0.25) is 0 Å². The highest BCUT2D eigenvalue weighted by molar-refractivity contribution is 6.30. The summed E-state index contributed by atoms with van der Waals surface area (Å²) in [4.78, 5) is 26.9. The normalized spacial score (nSPS) is 15.2. The number of carbonyl (C=O) groups excluding carboxylic acids is 2. The van der Waals surface area contributed by atoms with Gasteiger partial charge in [-0.2, -0.15) is 0 Å². The zero-order chi connectivity index (χ0) is 18.7. The molecule has 0 aliphatic carbocycles. The lowest BCUT2D eigenvalue weighted by molar-refractivity contribution is -0.115. The molecule has 2 aromatic rings. The van der Waals surface area contributed by atoms with E-state index in [0.717, 1.165) is 16.7 Å². The lowest BCUT2D eigenvalue weighted by Crippen LogP contribution is -2.43. The maximum Gasteiger partial charge on any atom is 0.411 e. The van der Waals surface area contributed by atoms with Crippen molar-refractivity contribution in [2.75, 3.05) is 13.1 Å². The number of nitrogens with zero attached hydrogens (tertiary/aromatic N) is 1. The molecule has 4 heteroatoms. The summed E-state index contributed by atoms with van der Waals surface area (Å²) in [5.74, 6) is -0.0767. The first kappa shape index (κ1) is 17.9. The first-order valence-electron chi connectivity index (χ1n) is 8.70. The topological polar surface area (TPSA) is 46.6 Å². The number of benzene rings is 2. The number of rotatable bonds is 2. The molecule has 1 amide bonds. The highest BCUT2D eigenvalue weighted by atomic mass is 16.6. The Morgan fingerprint density at radius 2 is 1.42 bits per heavy atom. The van der Waals surface area contributed by atoms with Gasteiger partial charge in [0.1, 0.15) is 5.60 Å². The average Bonchev–Trinajstić information content (AvgIpc) is 2.61. The first-order valence-corrected chi connectivity index (χ1v) is 8.70. The van der Waals surface area contributed by atoms with Crippen LogP contribution in [0.5, 0.6) is 0 Å². The summed E-state index contributed by atoms with van der Waals surface area (Å²) < 4.78 is 5.46. The van der Waals surface area contributed by atoms with Crippen molar-refractivity contribution in [1.82, 2.24) is 4.90 Å². The Morgan fingerprint density at radius 1 is 0.885 bits per heavy atom. The van der Waals surface area contributed by atoms with E-state index in [4.69, 9.17) is 4.74 Å². The molecule has 0 unspecified atom stereocenters. The highest BCUT2D eigenvalue weighted by Gasteiger charge is 2.32. The van der Waals surface area contributed by atoms with Crippen LogP contribution >= 0.6 is 0 Å². The summed E-state index contributed by atoms with van der Waals surface area (Å²) in [6, 6.07) is 19.3. The molecular weight excluding hydrogens is 326 g/mol. The molecule has 2 aromatic carbocycles. The third-order valence-electron chi connectivity index (χ3n) is 4.10. The smallest absolute Gasteiger partial charge is 0.411 e. The number of ether oxygens (including phenoxy) is 1. The van der Waals surface area contributed by atoms with Gasteiger partial charge in [-0.15, -0.1) is 0 Å². The number of Topliss-reactive ketones (excluding diaryl/α,β-unsaturated/α-hetero) is 1. The van der Waals surface area contributed by atoms with E-state index in [0.29, 0.717) is 12.1 Å². The van der Waals surface area contributed by atoms with E-state index >= 15 is 0 Å². The van der Waals surface area contributed by atoms with Gasteiger partial charge < -0.3 is 4.74 Å². The van der Waals surface area contributed by atoms with Gasteiger partial charge in [0.2, 0.25) is 0 Å². The zero-order valence-electron chi connectivity index (χ0n) is 15.4. The maximum absolute atomic E-state index is 13.0. The lowest BCUT2D eigenvalue weighted by Gasteiger charge is -2.32. The summed E-state index contributed by atoms with van der Waals surface area (Å²) >= 11 is 0. The van der Waals surface area contributed by atoms with Crippen LogP contribution in [0.4, 0.5) is 4.79 Å². The Balaban J connectivity index is 2.04. The second-order valence-electron chi connectivity index (χ2n) is 7.35. The number of amides is 1. The molecule has 0 N–H and O–H groups in total. The molecule has 0 spiro atoms. The molecule has 0 atom stereocenters. The second-order valence-corrected chi connectivity index (χ2v) is 7.35. The molecule has 1 aliphatic rings. The van der Waals surface area contributed by atoms with Gasteiger partial charge in [0, 0.05) is 5.57 Å². The van der Waals surface area contributed by atoms with Gasteiger partial charge in [-0.05, 0) is 37.5 Å². The zero-order valence-corrected chi connectivity index (χ0v) is 15.4. The van der Waals surface area contributed by atoms with Gasteiger partial charge in [-0.3, -0.25) is 9.69 Å². The Morgan fingerprint density at radius 3 is 1.96 bits per heavy atom. The highest BCUT2D eigenvalue weighted by Crippen LogP contribution is 2.32. The van der Waals surface area contributed by atoms with Gasteiger partial charge in [0.05, 0.1) is 13.1 Å². The van der Waals surface area contributed by atoms with Crippen molar-refractivity contribution in [2.45, 2.75) is 26.4 Å². The first-order chi connectivity index (χ1) is 12.3. The summed E-state index contributed by atoms with van der Waals surface area (Å²) in [5.41, 5.74) is 2.74. The Labute approximate surface area is 154 Å². The van der Waals surface area contributed by atoms with E-state index in [1.165, 1.54) is 4.90 Å². The van der Waals surface area contributed by atoms with Crippen molar-refractivity contribution in [1.29, 1.82) is 0 Å². The van der Waals surface area contributed by atoms with Crippen molar-refractivity contribution in [3.63, 3.8) is 0 Å². The Hall–Kier alpha value is -2.88. The standard InChI is InChI=1S/C22H23NO3/c1-22(2,3)26-21(25)23-14-18(16-10-6-4-7-11-16)20(19(24)15-23)17-12-8-5-9-13-17/h4-13H,14-15H2,1-3H3. The molecular formula is C22H23NO3. The Kier molecular flexibility index (Phi) is 4.94. The molecule has 26 heavy (non-hydrogen) atoms. The predicted octanol–water partition coefficient (Wildman–Crippen LogP) is 4.42. The average molecular weight is 349 g/mol. The molecule has 0 saturated heterocycles. The fourth-order valence-electron chi connectivity index (χ4n) is 3.02. The molecule has 0 radical (unpaired) electrons. The predicted molar refractivity (Wildman–Crippen MR) is 103 cm³/mol. The van der Waals surface area contributed by atoms with Crippen LogP contribution in [-0.2, 0) is 9.53 Å². The fourth-order valence-corrected chi connectivity index (χ4v) is 3.02. The fraction of sp³-hybridized carbons (Fsp3) is 0.273. The molecule has 0 bridgehead atoms. The molecule has 134 valence electrons. The van der Waals surface area contributed by atoms with Crippen molar-refractivity contribution < 1.29 is 14.3 Å². The quantitative estimate of drug-likeness (QED) is 0.806. The summed E-state index contributed by atoms with van der Waals surface area (Å²) in [5, 5.41) is 0. The molecule has 0 saturated carbocycles. The second kappa shape index (κ2) is 7.16. The minimum atomic E-state index is -0.601. The van der Waals surface area contributed by atoms with Crippen molar-refractivity contribution in [3.8, 4) is 0 Å². The van der Waals surface area contributed by atoms with Crippen molar-refractivity contribution in [2.24, 2.45) is 0 Å². The van der Waals surface area contributed by atoms with Gasteiger partial charge in [0.15, 0.2) is 5.78 Å². The third kappa shape index (κ3) is 4.02. The van der Waals surface area contributed by atoms with Gasteiger partial charge in [0.25, 0.3) is 0 Å². The Bertz CT molecular complexity index is 833.